The molecule has 1 N–H and O–H groups in total. The Hall–Kier alpha value is -1.31. The molecule has 16 heavy (non-hydrogen) atoms. The van der Waals surface area contributed by atoms with Crippen LogP contribution in [0, 0.1) is 24.6 Å². The molecule has 2 aliphatic carbocycles. The molecule has 2 aliphatic rings. The van der Waals surface area contributed by atoms with Crippen LogP contribution < -0.4 is 5.32 Å². The number of benzene rings is 1. The molecule has 1 saturated carbocycles. The summed E-state index contributed by atoms with van der Waals surface area (Å²) >= 11 is 0. The first-order valence-electron chi connectivity index (χ1n) is 5.93. The fraction of sp³-hybridized carbons (Fsp3) is 0.429. The molecule has 0 aliphatic heterocycles. The number of aryl methyl sites for hydroxylation is 1. The number of hydrogen-bond donors (Lipinski definition) is 1. The molecule has 84 valence electrons. The lowest BCUT2D eigenvalue weighted by Crippen LogP contribution is -2.43. The smallest absolute Gasteiger partial charge is 0.125 e. The summed E-state index contributed by atoms with van der Waals surface area (Å²) in [5.74, 6) is 1.36. The molecule has 1 nitrogen and oxygen atoms in total. The zero-order valence-electron chi connectivity index (χ0n) is 9.41. The summed E-state index contributed by atoms with van der Waals surface area (Å²) in [4.78, 5) is 0. The van der Waals surface area contributed by atoms with Crippen LogP contribution in [-0.2, 0) is 0 Å². The lowest BCUT2D eigenvalue weighted by Gasteiger charge is -2.41. The van der Waals surface area contributed by atoms with Crippen molar-refractivity contribution in [2.45, 2.75) is 25.8 Å². The van der Waals surface area contributed by atoms with Crippen LogP contribution in [0.25, 0.3) is 0 Å². The highest BCUT2D eigenvalue weighted by atomic mass is 19.1. The predicted molar refractivity (Wildman–Crippen MR) is 63.9 cm³/mol. The van der Waals surface area contributed by atoms with Gasteiger partial charge in [0.2, 0.25) is 0 Å². The zero-order chi connectivity index (χ0) is 11.1. The highest BCUT2D eigenvalue weighted by Crippen LogP contribution is 2.44. The van der Waals surface area contributed by atoms with Crippen molar-refractivity contribution in [2.24, 2.45) is 11.8 Å². The van der Waals surface area contributed by atoms with Crippen molar-refractivity contribution in [3.8, 4) is 0 Å². The quantitative estimate of drug-likeness (QED) is 0.747. The van der Waals surface area contributed by atoms with Crippen molar-refractivity contribution in [2.75, 3.05) is 5.32 Å². The van der Waals surface area contributed by atoms with E-state index < -0.39 is 0 Å². The minimum atomic E-state index is -0.152. The summed E-state index contributed by atoms with van der Waals surface area (Å²) in [6, 6.07) is 5.66. The fourth-order valence-corrected chi connectivity index (χ4v) is 2.92. The molecule has 0 aromatic heterocycles. The summed E-state index contributed by atoms with van der Waals surface area (Å²) in [7, 11) is 0. The van der Waals surface area contributed by atoms with E-state index in [2.05, 4.69) is 17.5 Å². The summed E-state index contributed by atoms with van der Waals surface area (Å²) in [5.41, 5.74) is 1.89. The maximum Gasteiger partial charge on any atom is 0.125 e. The molecule has 3 unspecified atom stereocenters. The molecule has 1 aromatic rings. The van der Waals surface area contributed by atoms with Crippen molar-refractivity contribution >= 4 is 5.69 Å². The molecule has 2 heteroatoms. The monoisotopic (exact) mass is 217 g/mol. The SMILES string of the molecule is Cc1cc(F)cc(NC2CC3CC=CC32)c1. The molecule has 0 heterocycles. The van der Waals surface area contributed by atoms with Crippen LogP contribution in [0.2, 0.25) is 0 Å². The molecular formula is C14H16FN. The number of fused-ring (bicyclic) bond motifs is 1. The van der Waals surface area contributed by atoms with E-state index in [1.807, 2.05) is 13.0 Å². The number of halogens is 1. The van der Waals surface area contributed by atoms with Crippen LogP contribution in [0.5, 0.6) is 0 Å². The highest BCUT2D eigenvalue weighted by molar-refractivity contribution is 5.48. The van der Waals surface area contributed by atoms with E-state index in [1.54, 1.807) is 12.1 Å². The third kappa shape index (κ3) is 1.62. The van der Waals surface area contributed by atoms with E-state index in [0.29, 0.717) is 12.0 Å². The Labute approximate surface area is 95.4 Å². The Balaban J connectivity index is 1.72. The van der Waals surface area contributed by atoms with Gasteiger partial charge < -0.3 is 5.32 Å². The van der Waals surface area contributed by atoms with Crippen molar-refractivity contribution in [3.63, 3.8) is 0 Å². The predicted octanol–water partition coefficient (Wildman–Crippen LogP) is 3.51. The first-order valence-corrected chi connectivity index (χ1v) is 5.93. The van der Waals surface area contributed by atoms with Gasteiger partial charge in [-0.15, -0.1) is 0 Å². The standard InChI is InChI=1S/C14H16FN/c1-9-5-11(15)8-12(6-9)16-14-7-10-3-2-4-13(10)14/h2,4-6,8,10,13-14,16H,3,7H2,1H3. The average molecular weight is 217 g/mol. The highest BCUT2D eigenvalue weighted by Gasteiger charge is 2.40. The van der Waals surface area contributed by atoms with Crippen LogP contribution in [0.15, 0.2) is 30.4 Å². The third-order valence-electron chi connectivity index (χ3n) is 3.76. The number of hydrogen-bond acceptors (Lipinski definition) is 1. The van der Waals surface area contributed by atoms with E-state index in [1.165, 1.54) is 12.8 Å². The molecule has 3 atom stereocenters. The van der Waals surface area contributed by atoms with E-state index in [-0.39, 0.29) is 5.82 Å². The summed E-state index contributed by atoms with van der Waals surface area (Å²) in [5, 5.41) is 3.44. The van der Waals surface area contributed by atoms with E-state index in [4.69, 9.17) is 0 Å². The first kappa shape index (κ1) is 9.88. The molecule has 1 aromatic carbocycles. The van der Waals surface area contributed by atoms with Gasteiger partial charge in [-0.05, 0) is 49.4 Å². The second-order valence-corrected chi connectivity index (χ2v) is 5.01. The Morgan fingerprint density at radius 3 is 2.94 bits per heavy atom. The molecule has 0 saturated heterocycles. The lowest BCUT2D eigenvalue weighted by molar-refractivity contribution is 0.218. The number of rotatable bonds is 2. The number of allylic oxidation sites excluding steroid dienone is 1. The van der Waals surface area contributed by atoms with Gasteiger partial charge in [0, 0.05) is 17.6 Å². The fourth-order valence-electron chi connectivity index (χ4n) is 2.92. The van der Waals surface area contributed by atoms with Gasteiger partial charge >= 0.3 is 0 Å². The molecule has 0 bridgehead atoms. The maximum absolute atomic E-state index is 13.2. The van der Waals surface area contributed by atoms with Crippen LogP contribution in [0.4, 0.5) is 10.1 Å². The van der Waals surface area contributed by atoms with Gasteiger partial charge in [-0.2, -0.15) is 0 Å². The molecule has 0 amide bonds. The summed E-state index contributed by atoms with van der Waals surface area (Å²) in [6.07, 6.45) is 7.02. The topological polar surface area (TPSA) is 12.0 Å². The minimum absolute atomic E-state index is 0.152. The number of anilines is 1. The second-order valence-electron chi connectivity index (χ2n) is 5.01. The summed E-state index contributed by atoms with van der Waals surface area (Å²) < 4.78 is 13.2. The summed E-state index contributed by atoms with van der Waals surface area (Å²) in [6.45, 7) is 1.92. The Morgan fingerprint density at radius 2 is 2.19 bits per heavy atom. The Bertz CT molecular complexity index is 418. The van der Waals surface area contributed by atoms with Crippen LogP contribution >= 0.6 is 0 Å². The second kappa shape index (κ2) is 3.62. The molecule has 1 fully saturated rings. The minimum Gasteiger partial charge on any atom is -0.382 e. The van der Waals surface area contributed by atoms with Crippen LogP contribution in [0.1, 0.15) is 18.4 Å². The van der Waals surface area contributed by atoms with E-state index >= 15 is 0 Å². The lowest BCUT2D eigenvalue weighted by atomic mass is 9.71. The molecule has 0 spiro atoms. The first-order chi connectivity index (χ1) is 7.72. The van der Waals surface area contributed by atoms with Gasteiger partial charge in [0.15, 0.2) is 0 Å². The van der Waals surface area contributed by atoms with Gasteiger partial charge in [0.05, 0.1) is 0 Å². The molecule has 0 radical (unpaired) electrons. The van der Waals surface area contributed by atoms with Gasteiger partial charge in [-0.1, -0.05) is 12.2 Å². The van der Waals surface area contributed by atoms with E-state index in [9.17, 15) is 4.39 Å². The third-order valence-corrected chi connectivity index (χ3v) is 3.76. The van der Waals surface area contributed by atoms with Crippen LogP contribution in [-0.4, -0.2) is 6.04 Å². The van der Waals surface area contributed by atoms with Crippen LogP contribution in [0.3, 0.4) is 0 Å². The largest absolute Gasteiger partial charge is 0.382 e. The maximum atomic E-state index is 13.2. The number of nitrogens with one attached hydrogen (secondary N) is 1. The van der Waals surface area contributed by atoms with Crippen molar-refractivity contribution in [1.82, 2.24) is 0 Å². The molecular weight excluding hydrogens is 201 g/mol. The molecule has 3 rings (SSSR count). The van der Waals surface area contributed by atoms with Gasteiger partial charge in [0.1, 0.15) is 5.82 Å². The van der Waals surface area contributed by atoms with Gasteiger partial charge in [-0.3, -0.25) is 0 Å². The van der Waals surface area contributed by atoms with Crippen molar-refractivity contribution < 1.29 is 4.39 Å². The van der Waals surface area contributed by atoms with E-state index in [0.717, 1.165) is 17.2 Å². The zero-order valence-corrected chi connectivity index (χ0v) is 9.41. The van der Waals surface area contributed by atoms with Crippen molar-refractivity contribution in [1.29, 1.82) is 0 Å². The average Bonchev–Trinajstić information content (AvgIpc) is 2.55. The van der Waals surface area contributed by atoms with Crippen molar-refractivity contribution in [3.05, 3.63) is 41.7 Å². The Morgan fingerprint density at radius 1 is 1.31 bits per heavy atom. The van der Waals surface area contributed by atoms with Gasteiger partial charge in [-0.25, -0.2) is 4.39 Å². The van der Waals surface area contributed by atoms with Gasteiger partial charge in [0.25, 0.3) is 0 Å². The normalized spacial score (nSPS) is 31.0. The Kier molecular flexibility index (Phi) is 2.23.